The lowest BCUT2D eigenvalue weighted by atomic mass is 10.0. The number of rotatable bonds is 8. The number of H-pyrrole nitrogens is 1. The van der Waals surface area contributed by atoms with Crippen LogP contribution < -0.4 is 15.5 Å². The molecule has 0 aliphatic carbocycles. The number of ketones is 1. The van der Waals surface area contributed by atoms with Crippen molar-refractivity contribution in [2.75, 3.05) is 25.1 Å². The van der Waals surface area contributed by atoms with Gasteiger partial charge in [-0.05, 0) is 61.4 Å². The van der Waals surface area contributed by atoms with Crippen LogP contribution >= 0.6 is 0 Å². The fraction of sp³-hybridized carbons (Fsp3) is 0.366. The molecular formula is C41H44N6O8. The number of imidazole rings is 1. The predicted octanol–water partition coefficient (Wildman–Crippen LogP) is 4.71. The number of aromatic amines is 1. The van der Waals surface area contributed by atoms with Crippen molar-refractivity contribution in [1.82, 2.24) is 25.5 Å². The number of para-hydroxylation sites is 1. The number of Topliss-reactive ketones (excluding diaryl/α,β-unsaturated/α-hetero) is 1. The Hall–Kier alpha value is -6.02. The number of carbonyl (C=O) groups is 5. The molecule has 3 aromatic carbocycles. The number of aryl methyl sites for hydroxylation is 1. The third-order valence-electron chi connectivity index (χ3n) is 10.2. The number of aliphatic hydroxyl groups excluding tert-OH is 1. The average molecular weight is 749 g/mol. The van der Waals surface area contributed by atoms with E-state index in [4.69, 9.17) is 14.5 Å². The molecule has 3 aliphatic rings. The van der Waals surface area contributed by atoms with Gasteiger partial charge in [-0.25, -0.2) is 14.6 Å². The summed E-state index contributed by atoms with van der Waals surface area (Å²) in [5.74, 6) is -0.385. The van der Waals surface area contributed by atoms with Gasteiger partial charge in [0.2, 0.25) is 11.8 Å². The van der Waals surface area contributed by atoms with Crippen LogP contribution in [0.4, 0.5) is 15.3 Å². The van der Waals surface area contributed by atoms with E-state index in [0.29, 0.717) is 30.7 Å². The number of nitrogens with zero attached hydrogens (tertiary/aromatic N) is 3. The SMILES string of the molecule is COC(=O)N[C@H]1CCc2cccc3c2N(C1=O)[C@H](c1ncc(-c2ccc(-c4ccc(C(=O)CNC(=O)[C@@H]5C[C@H](O)CN5C(=O)OC(C)(C)C)cc4)cc2)[nH]1)C3. The van der Waals surface area contributed by atoms with Crippen molar-refractivity contribution < 1.29 is 38.6 Å². The van der Waals surface area contributed by atoms with Crippen LogP contribution in [-0.2, 0) is 31.9 Å². The standard InChI is InChI=1S/C41H44N6O8/c1-41(2,3)55-40(53)46-22-29(48)19-33(46)37(50)43-21-34(49)26-14-10-24(11-15-26)23-8-12-25(13-9-23)31-20-42-36(44-31)32-18-28-7-5-6-27-16-17-30(45-39(52)54-4)38(51)47(32)35(27)28/h5-15,20,29-30,32-33,48H,16-19,21-22H2,1-4H3,(H,42,44)(H,43,50)(H,45,52)/t29-,30-,32-,33-/m0/s1. The van der Waals surface area contributed by atoms with Crippen LogP contribution in [0.3, 0.4) is 0 Å². The van der Waals surface area contributed by atoms with Crippen molar-refractivity contribution in [2.24, 2.45) is 0 Å². The zero-order chi connectivity index (χ0) is 39.0. The number of carbonyl (C=O) groups excluding carboxylic acids is 5. The highest BCUT2D eigenvalue weighted by molar-refractivity contribution is 6.03. The first kappa shape index (κ1) is 37.3. The number of ether oxygens (including phenoxy) is 2. The second-order valence-electron chi connectivity index (χ2n) is 15.1. The van der Waals surface area contributed by atoms with Crippen LogP contribution in [0.25, 0.3) is 22.4 Å². The molecule has 14 nitrogen and oxygen atoms in total. The summed E-state index contributed by atoms with van der Waals surface area (Å²) in [4.78, 5) is 75.6. The summed E-state index contributed by atoms with van der Waals surface area (Å²) in [5, 5.41) is 15.5. The van der Waals surface area contributed by atoms with Gasteiger partial charge < -0.3 is 30.2 Å². The first-order valence-corrected chi connectivity index (χ1v) is 18.3. The number of aromatic nitrogens is 2. The van der Waals surface area contributed by atoms with Crippen LogP contribution in [0.2, 0.25) is 0 Å². The Morgan fingerprint density at radius 2 is 1.64 bits per heavy atom. The molecule has 4 amide bonds. The lowest BCUT2D eigenvalue weighted by molar-refractivity contribution is -0.125. The molecule has 7 rings (SSSR count). The van der Waals surface area contributed by atoms with E-state index in [9.17, 15) is 29.1 Å². The minimum absolute atomic E-state index is 0.0249. The smallest absolute Gasteiger partial charge is 0.411 e. The van der Waals surface area contributed by atoms with Crippen LogP contribution in [0, 0.1) is 0 Å². The number of alkyl carbamates (subject to hydrolysis) is 1. The summed E-state index contributed by atoms with van der Waals surface area (Å²) in [6.45, 7) is 4.87. The van der Waals surface area contributed by atoms with Crippen molar-refractivity contribution in [2.45, 2.75) is 76.3 Å². The molecule has 1 fully saturated rings. The van der Waals surface area contributed by atoms with E-state index in [1.54, 1.807) is 44.0 Å². The van der Waals surface area contributed by atoms with Gasteiger partial charge in [-0.1, -0.05) is 66.7 Å². The van der Waals surface area contributed by atoms with Gasteiger partial charge in [0, 0.05) is 18.4 Å². The topological polar surface area (TPSA) is 183 Å². The maximum absolute atomic E-state index is 13.9. The Morgan fingerprint density at radius 1 is 0.964 bits per heavy atom. The van der Waals surface area contributed by atoms with Gasteiger partial charge >= 0.3 is 12.2 Å². The average Bonchev–Trinajstić information content (AvgIpc) is 3.90. The van der Waals surface area contributed by atoms with E-state index < -0.39 is 41.9 Å². The van der Waals surface area contributed by atoms with E-state index in [-0.39, 0.29) is 37.2 Å². The third kappa shape index (κ3) is 7.81. The predicted molar refractivity (Wildman–Crippen MR) is 202 cm³/mol. The zero-order valence-corrected chi connectivity index (χ0v) is 31.1. The monoisotopic (exact) mass is 748 g/mol. The number of aliphatic hydroxyl groups is 1. The minimum atomic E-state index is -0.938. The number of benzene rings is 3. The van der Waals surface area contributed by atoms with Gasteiger partial charge in [0.05, 0.1) is 49.9 Å². The largest absolute Gasteiger partial charge is 0.453 e. The first-order chi connectivity index (χ1) is 26.3. The Balaban J connectivity index is 0.989. The molecule has 1 aromatic heterocycles. The summed E-state index contributed by atoms with van der Waals surface area (Å²) in [7, 11) is 1.28. The Labute approximate surface area is 318 Å². The molecule has 4 aromatic rings. The van der Waals surface area contributed by atoms with E-state index in [1.807, 2.05) is 54.6 Å². The molecule has 0 bridgehead atoms. The van der Waals surface area contributed by atoms with Crippen molar-refractivity contribution in [1.29, 1.82) is 0 Å². The number of likely N-dealkylation sites (tertiary alicyclic amines) is 1. The molecular weight excluding hydrogens is 704 g/mol. The highest BCUT2D eigenvalue weighted by Crippen LogP contribution is 2.44. The second kappa shape index (κ2) is 15.0. The number of methoxy groups -OCH3 is 1. The molecule has 3 aliphatic heterocycles. The summed E-state index contributed by atoms with van der Waals surface area (Å²) >= 11 is 0. The fourth-order valence-electron chi connectivity index (χ4n) is 7.50. The molecule has 4 atom stereocenters. The van der Waals surface area contributed by atoms with Gasteiger partial charge in [0.25, 0.3) is 0 Å². The van der Waals surface area contributed by atoms with Crippen molar-refractivity contribution in [3.8, 4) is 22.4 Å². The van der Waals surface area contributed by atoms with Gasteiger partial charge in [0.15, 0.2) is 5.78 Å². The maximum Gasteiger partial charge on any atom is 0.411 e. The molecule has 286 valence electrons. The molecule has 0 spiro atoms. The summed E-state index contributed by atoms with van der Waals surface area (Å²) in [5.41, 5.74) is 6.16. The molecule has 14 heteroatoms. The lowest BCUT2D eigenvalue weighted by Gasteiger charge is -2.27. The number of β-amino-alcohol motifs (C(OH)–C–C–N with tert-alkyl or cyclic N) is 1. The molecule has 1 saturated heterocycles. The highest BCUT2D eigenvalue weighted by Gasteiger charge is 2.43. The Morgan fingerprint density at radius 3 is 2.33 bits per heavy atom. The summed E-state index contributed by atoms with van der Waals surface area (Å²) in [6, 6.07) is 19.0. The molecule has 0 radical (unpaired) electrons. The molecule has 4 heterocycles. The lowest BCUT2D eigenvalue weighted by Crippen LogP contribution is -2.48. The fourth-order valence-corrected chi connectivity index (χ4v) is 7.50. The van der Waals surface area contributed by atoms with Crippen LogP contribution in [-0.4, -0.2) is 93.7 Å². The number of anilines is 1. The molecule has 0 saturated carbocycles. The zero-order valence-electron chi connectivity index (χ0n) is 31.1. The number of amides is 4. The molecule has 4 N–H and O–H groups in total. The second-order valence-corrected chi connectivity index (χ2v) is 15.1. The summed E-state index contributed by atoms with van der Waals surface area (Å²) < 4.78 is 10.2. The van der Waals surface area contributed by atoms with Crippen molar-refractivity contribution in [3.05, 3.63) is 95.4 Å². The Bertz CT molecular complexity index is 2120. The van der Waals surface area contributed by atoms with Crippen LogP contribution in [0.1, 0.15) is 67.0 Å². The quantitative estimate of drug-likeness (QED) is 0.185. The van der Waals surface area contributed by atoms with Crippen LogP contribution in [0.5, 0.6) is 0 Å². The number of hydrogen-bond acceptors (Lipinski definition) is 9. The van der Waals surface area contributed by atoms with Gasteiger partial charge in [-0.15, -0.1) is 0 Å². The van der Waals surface area contributed by atoms with Gasteiger partial charge in [0.1, 0.15) is 23.5 Å². The first-order valence-electron chi connectivity index (χ1n) is 18.3. The van der Waals surface area contributed by atoms with E-state index in [1.165, 1.54) is 12.0 Å². The number of hydrogen-bond donors (Lipinski definition) is 4. The highest BCUT2D eigenvalue weighted by atomic mass is 16.6. The Kier molecular flexibility index (Phi) is 10.2. The molecule has 0 unspecified atom stereocenters. The van der Waals surface area contributed by atoms with Crippen LogP contribution in [0.15, 0.2) is 72.9 Å². The number of nitrogens with one attached hydrogen (secondary N) is 3. The van der Waals surface area contributed by atoms with Crippen molar-refractivity contribution in [3.63, 3.8) is 0 Å². The van der Waals surface area contributed by atoms with Gasteiger partial charge in [-0.2, -0.15) is 0 Å². The maximum atomic E-state index is 13.9. The van der Waals surface area contributed by atoms with E-state index in [2.05, 4.69) is 15.6 Å². The normalized spacial score (nSPS) is 20.4. The summed E-state index contributed by atoms with van der Waals surface area (Å²) in [6.07, 6.45) is 1.31. The van der Waals surface area contributed by atoms with E-state index >= 15 is 0 Å². The molecule has 55 heavy (non-hydrogen) atoms. The minimum Gasteiger partial charge on any atom is -0.453 e. The third-order valence-corrected chi connectivity index (χ3v) is 10.2. The van der Waals surface area contributed by atoms with E-state index in [0.717, 1.165) is 39.2 Å². The van der Waals surface area contributed by atoms with Crippen molar-refractivity contribution >= 4 is 35.5 Å². The van der Waals surface area contributed by atoms with Gasteiger partial charge in [-0.3, -0.25) is 24.2 Å².